The largest absolute Gasteiger partial charge is 0.369 e. The third kappa shape index (κ3) is 4.07. The Kier molecular flexibility index (Phi) is 5.88. The first-order valence-electron chi connectivity index (χ1n) is 10.8. The lowest BCUT2D eigenvalue weighted by Gasteiger charge is -2.58. The van der Waals surface area contributed by atoms with E-state index in [1.165, 1.54) is 0 Å². The van der Waals surface area contributed by atoms with Gasteiger partial charge in [-0.05, 0) is 49.9 Å². The zero-order chi connectivity index (χ0) is 24.3. The molecular weight excluding hydrogens is 461 g/mol. The van der Waals surface area contributed by atoms with Crippen LogP contribution in [0.15, 0.2) is 12.1 Å². The smallest absolute Gasteiger partial charge is 0.304 e. The van der Waals surface area contributed by atoms with Crippen LogP contribution in [-0.4, -0.2) is 51.2 Å². The lowest BCUT2D eigenvalue weighted by atomic mass is 9.47. The van der Waals surface area contributed by atoms with Crippen molar-refractivity contribution in [2.75, 3.05) is 24.9 Å². The number of carbonyl (C=O) groups is 2. The molecule has 33 heavy (non-hydrogen) atoms. The number of benzene rings is 1. The van der Waals surface area contributed by atoms with E-state index in [-0.39, 0.29) is 23.8 Å². The fourth-order valence-electron chi connectivity index (χ4n) is 6.24. The van der Waals surface area contributed by atoms with E-state index >= 15 is 0 Å². The highest BCUT2D eigenvalue weighted by molar-refractivity contribution is 7.90. The summed E-state index contributed by atoms with van der Waals surface area (Å²) in [5.74, 6) is -4.19. The van der Waals surface area contributed by atoms with Gasteiger partial charge in [-0.15, -0.1) is 0 Å². The Hall–Kier alpha value is -2.34. The molecular formula is C21H27F3N4O4S. The molecule has 12 heteroatoms. The predicted octanol–water partition coefficient (Wildman–Crippen LogP) is 1.51. The van der Waals surface area contributed by atoms with Gasteiger partial charge >= 0.3 is 10.2 Å². The molecule has 4 aliphatic rings. The van der Waals surface area contributed by atoms with E-state index in [0.717, 1.165) is 33.4 Å². The van der Waals surface area contributed by atoms with Crippen molar-refractivity contribution in [2.24, 2.45) is 28.9 Å². The number of rotatable bonds is 7. The molecule has 0 heterocycles. The van der Waals surface area contributed by atoms with Crippen molar-refractivity contribution in [1.29, 1.82) is 0 Å². The summed E-state index contributed by atoms with van der Waals surface area (Å²) in [5.41, 5.74) is 4.23. The van der Waals surface area contributed by atoms with E-state index < -0.39 is 51.2 Å². The number of primary amides is 1. The number of nitrogens with one attached hydrogen (secondary N) is 1. The van der Waals surface area contributed by atoms with Crippen molar-refractivity contribution in [3.63, 3.8) is 0 Å². The van der Waals surface area contributed by atoms with E-state index in [4.69, 9.17) is 5.73 Å². The third-order valence-electron chi connectivity index (χ3n) is 7.53. The van der Waals surface area contributed by atoms with Gasteiger partial charge in [-0.2, -0.15) is 12.7 Å². The van der Waals surface area contributed by atoms with Gasteiger partial charge in [0, 0.05) is 37.7 Å². The number of hydrogen-bond donors (Lipinski definition) is 2. The van der Waals surface area contributed by atoms with Crippen LogP contribution >= 0.6 is 0 Å². The molecule has 4 aliphatic carbocycles. The molecule has 182 valence electrons. The molecule has 0 saturated heterocycles. The molecule has 1 aromatic rings. The van der Waals surface area contributed by atoms with E-state index in [1.807, 2.05) is 0 Å². The van der Waals surface area contributed by atoms with E-state index in [2.05, 4.69) is 5.32 Å². The summed E-state index contributed by atoms with van der Waals surface area (Å²) in [7, 11) is -2.45. The lowest BCUT2D eigenvalue weighted by Crippen LogP contribution is -2.62. The van der Waals surface area contributed by atoms with Crippen LogP contribution in [-0.2, 0) is 19.8 Å². The molecule has 2 amide bonds. The molecule has 8 nitrogen and oxygen atoms in total. The highest BCUT2D eigenvalue weighted by Crippen LogP contribution is 2.59. The Bertz CT molecular complexity index is 1060. The molecule has 2 atom stereocenters. The summed E-state index contributed by atoms with van der Waals surface area (Å²) in [4.78, 5) is 24.8. The summed E-state index contributed by atoms with van der Waals surface area (Å²) in [6.07, 6.45) is 3.79. The van der Waals surface area contributed by atoms with Crippen LogP contribution in [0.3, 0.4) is 0 Å². The van der Waals surface area contributed by atoms with Crippen LogP contribution in [0.2, 0.25) is 0 Å². The molecule has 4 fully saturated rings. The van der Waals surface area contributed by atoms with Gasteiger partial charge in [0.15, 0.2) is 11.6 Å². The molecule has 5 rings (SSSR count). The Morgan fingerprint density at radius 3 is 2.15 bits per heavy atom. The van der Waals surface area contributed by atoms with E-state index in [9.17, 15) is 31.2 Å². The van der Waals surface area contributed by atoms with Gasteiger partial charge in [0.2, 0.25) is 11.8 Å². The van der Waals surface area contributed by atoms with E-state index in [1.54, 1.807) is 0 Å². The van der Waals surface area contributed by atoms with Crippen LogP contribution in [0.5, 0.6) is 0 Å². The molecule has 0 spiro atoms. The molecule has 0 aliphatic heterocycles. The van der Waals surface area contributed by atoms with Crippen molar-refractivity contribution >= 4 is 27.7 Å². The Labute approximate surface area is 190 Å². The Morgan fingerprint density at radius 2 is 1.64 bits per heavy atom. The average Bonchev–Trinajstić information content (AvgIpc) is 2.69. The van der Waals surface area contributed by atoms with Gasteiger partial charge in [0.1, 0.15) is 11.5 Å². The maximum atomic E-state index is 14.1. The minimum Gasteiger partial charge on any atom is -0.369 e. The van der Waals surface area contributed by atoms with Crippen LogP contribution in [0.4, 0.5) is 18.9 Å². The van der Waals surface area contributed by atoms with Gasteiger partial charge in [0.25, 0.3) is 0 Å². The first-order valence-corrected chi connectivity index (χ1v) is 12.2. The minimum absolute atomic E-state index is 0.0969. The normalized spacial score (nSPS) is 30.5. The molecule has 4 bridgehead atoms. The molecule has 1 aromatic carbocycles. The summed E-state index contributed by atoms with van der Waals surface area (Å²) < 4.78 is 67.9. The van der Waals surface area contributed by atoms with Crippen molar-refractivity contribution in [3.05, 3.63) is 29.6 Å². The third-order valence-corrected chi connectivity index (χ3v) is 9.32. The maximum absolute atomic E-state index is 14.1. The Morgan fingerprint density at radius 1 is 1.09 bits per heavy atom. The predicted molar refractivity (Wildman–Crippen MR) is 113 cm³/mol. The standard InChI is InChI=1S/C21H27F3N4O4S/c1-27(33(31,32)28(2)19-15(23)5-14(22)6-16(19)24)10-17(29)26-18-12-3-11-4-13(18)9-21(7-11,8-12)20(25)30/h5-6,11-13,18H,3-4,7-10H2,1-2H3,(H2,25,30)(H,26,29). The highest BCUT2D eigenvalue weighted by Gasteiger charge is 2.58. The zero-order valence-corrected chi connectivity index (χ0v) is 19.2. The lowest BCUT2D eigenvalue weighted by molar-refractivity contribution is -0.147. The van der Waals surface area contributed by atoms with Crippen LogP contribution in [0.25, 0.3) is 0 Å². The molecule has 3 N–H and O–H groups in total. The summed E-state index contributed by atoms with van der Waals surface area (Å²) >= 11 is 0. The quantitative estimate of drug-likeness (QED) is 0.606. The fraction of sp³-hybridized carbons (Fsp3) is 0.619. The first-order chi connectivity index (χ1) is 15.3. The molecule has 0 radical (unpaired) electrons. The number of carbonyl (C=O) groups excluding carboxylic acids is 2. The van der Waals surface area contributed by atoms with Crippen LogP contribution in [0, 0.1) is 40.6 Å². The maximum Gasteiger partial charge on any atom is 0.304 e. The average molecular weight is 489 g/mol. The van der Waals surface area contributed by atoms with Crippen molar-refractivity contribution < 1.29 is 31.2 Å². The van der Waals surface area contributed by atoms with Gasteiger partial charge < -0.3 is 11.1 Å². The second-order valence-electron chi connectivity index (χ2n) is 9.66. The topological polar surface area (TPSA) is 113 Å². The highest BCUT2D eigenvalue weighted by atomic mass is 32.2. The van der Waals surface area contributed by atoms with Crippen LogP contribution < -0.4 is 15.4 Å². The number of hydrogen-bond acceptors (Lipinski definition) is 4. The van der Waals surface area contributed by atoms with Gasteiger partial charge in [-0.25, -0.2) is 13.2 Å². The minimum atomic E-state index is -4.48. The van der Waals surface area contributed by atoms with Gasteiger partial charge in [-0.1, -0.05) is 0 Å². The number of nitrogens with zero attached hydrogens (tertiary/aromatic N) is 2. The summed E-state index contributed by atoms with van der Waals surface area (Å²) in [5, 5.41) is 2.92. The number of likely N-dealkylation sites (N-methyl/N-ethyl adjacent to an activating group) is 1. The Balaban J connectivity index is 1.43. The zero-order valence-electron chi connectivity index (χ0n) is 18.4. The monoisotopic (exact) mass is 488 g/mol. The number of halogens is 3. The number of amides is 2. The second kappa shape index (κ2) is 8.15. The number of nitrogens with two attached hydrogens (primary N) is 1. The molecule has 0 aromatic heterocycles. The SMILES string of the molecule is CN(CC(=O)NC1C2CC3CC1CC(C(N)=O)(C3)C2)S(=O)(=O)N(C)c1c(F)cc(F)cc1F. The summed E-state index contributed by atoms with van der Waals surface area (Å²) in [6, 6.07) is 0.576. The molecule has 4 saturated carbocycles. The van der Waals surface area contributed by atoms with Crippen molar-refractivity contribution in [2.45, 2.75) is 38.1 Å². The number of anilines is 1. The van der Waals surface area contributed by atoms with E-state index in [0.29, 0.717) is 39.5 Å². The van der Waals surface area contributed by atoms with Crippen molar-refractivity contribution in [3.8, 4) is 0 Å². The second-order valence-corrected chi connectivity index (χ2v) is 11.7. The van der Waals surface area contributed by atoms with Gasteiger partial charge in [-0.3, -0.25) is 13.9 Å². The first kappa shape index (κ1) is 23.8. The van der Waals surface area contributed by atoms with Gasteiger partial charge in [0.05, 0.1) is 6.54 Å². The van der Waals surface area contributed by atoms with Crippen LogP contribution in [0.1, 0.15) is 32.1 Å². The summed E-state index contributed by atoms with van der Waals surface area (Å²) in [6.45, 7) is -0.572. The molecule has 2 unspecified atom stereocenters. The fourth-order valence-corrected chi connectivity index (χ4v) is 7.34. The van der Waals surface area contributed by atoms with Crippen molar-refractivity contribution in [1.82, 2.24) is 9.62 Å².